The second-order valence-electron chi connectivity index (χ2n) is 5.59. The van der Waals surface area contributed by atoms with Crippen LogP contribution in [-0.4, -0.2) is 28.3 Å². The van der Waals surface area contributed by atoms with Gasteiger partial charge in [-0.2, -0.15) is 5.10 Å². The van der Waals surface area contributed by atoms with E-state index in [-0.39, 0.29) is 11.9 Å². The van der Waals surface area contributed by atoms with Gasteiger partial charge in [-0.1, -0.05) is 30.3 Å². The Balaban J connectivity index is 1.64. The molecule has 1 unspecified atom stereocenters. The first-order valence-corrected chi connectivity index (χ1v) is 7.93. The minimum absolute atomic E-state index is 0.109. The lowest BCUT2D eigenvalue weighted by Crippen LogP contribution is -2.35. The summed E-state index contributed by atoms with van der Waals surface area (Å²) >= 11 is 0. The zero-order valence-corrected chi connectivity index (χ0v) is 13.5. The number of benzene rings is 2. The fourth-order valence-corrected chi connectivity index (χ4v) is 2.49. The molecule has 5 heteroatoms. The van der Waals surface area contributed by atoms with E-state index in [4.69, 9.17) is 0 Å². The smallest absolute Gasteiger partial charge is 0.253 e. The van der Waals surface area contributed by atoms with E-state index in [1.54, 1.807) is 10.9 Å². The van der Waals surface area contributed by atoms with Crippen molar-refractivity contribution < 1.29 is 4.79 Å². The van der Waals surface area contributed by atoms with Crippen molar-refractivity contribution in [3.63, 3.8) is 0 Å². The fourth-order valence-electron chi connectivity index (χ4n) is 2.49. The van der Waals surface area contributed by atoms with Gasteiger partial charge in [0.2, 0.25) is 0 Å². The number of nitrogens with one attached hydrogen (secondary N) is 2. The van der Waals surface area contributed by atoms with Gasteiger partial charge in [0.05, 0.1) is 11.3 Å². The molecule has 1 aromatic heterocycles. The summed E-state index contributed by atoms with van der Waals surface area (Å²) < 4.78 is 1.70. The van der Waals surface area contributed by atoms with Crippen molar-refractivity contribution in [3.05, 3.63) is 78.6 Å². The number of anilines is 1. The van der Waals surface area contributed by atoms with Crippen molar-refractivity contribution in [1.29, 1.82) is 0 Å². The van der Waals surface area contributed by atoms with Crippen LogP contribution in [0.1, 0.15) is 17.3 Å². The van der Waals surface area contributed by atoms with Gasteiger partial charge in [-0.3, -0.25) is 4.79 Å². The van der Waals surface area contributed by atoms with Crippen LogP contribution in [0.3, 0.4) is 0 Å². The molecule has 0 aliphatic heterocycles. The van der Waals surface area contributed by atoms with Crippen molar-refractivity contribution >= 4 is 11.6 Å². The summed E-state index contributed by atoms with van der Waals surface area (Å²) in [6.45, 7) is 2.56. The van der Waals surface area contributed by atoms with Crippen molar-refractivity contribution in [2.24, 2.45) is 0 Å². The first-order chi connectivity index (χ1) is 11.7. The van der Waals surface area contributed by atoms with E-state index in [2.05, 4.69) is 15.7 Å². The quantitative estimate of drug-likeness (QED) is 0.734. The molecule has 0 radical (unpaired) electrons. The standard InChI is InChI=1S/C19H20N4O/c1-15(22-16-8-3-2-4-9-16)14-20-19(24)17-10-5-6-11-18(17)23-13-7-12-21-23/h2-13,15,22H,14H2,1H3,(H,20,24). The number of aromatic nitrogens is 2. The van der Waals surface area contributed by atoms with Gasteiger partial charge >= 0.3 is 0 Å². The zero-order chi connectivity index (χ0) is 16.8. The number of hydrogen-bond donors (Lipinski definition) is 2. The molecule has 5 nitrogen and oxygen atoms in total. The molecule has 0 spiro atoms. The molecule has 122 valence electrons. The predicted octanol–water partition coefficient (Wildman–Crippen LogP) is 3.10. The molecule has 2 N–H and O–H groups in total. The van der Waals surface area contributed by atoms with Gasteiger partial charge in [0.1, 0.15) is 0 Å². The summed E-state index contributed by atoms with van der Waals surface area (Å²) in [5.41, 5.74) is 2.41. The van der Waals surface area contributed by atoms with E-state index in [1.807, 2.05) is 73.8 Å². The fraction of sp³-hybridized carbons (Fsp3) is 0.158. The summed E-state index contributed by atoms with van der Waals surface area (Å²) in [7, 11) is 0. The third kappa shape index (κ3) is 3.81. The number of nitrogens with zero attached hydrogens (tertiary/aromatic N) is 2. The molecule has 0 saturated heterocycles. The number of para-hydroxylation sites is 2. The number of rotatable bonds is 6. The average molecular weight is 320 g/mol. The molecule has 0 bridgehead atoms. The van der Waals surface area contributed by atoms with Crippen LogP contribution in [0.2, 0.25) is 0 Å². The average Bonchev–Trinajstić information content (AvgIpc) is 3.15. The Hall–Kier alpha value is -3.08. The summed E-state index contributed by atoms with van der Waals surface area (Å²) in [4.78, 5) is 12.5. The second kappa shape index (κ2) is 7.46. The first kappa shape index (κ1) is 15.8. The first-order valence-electron chi connectivity index (χ1n) is 7.93. The highest BCUT2D eigenvalue weighted by Crippen LogP contribution is 2.13. The topological polar surface area (TPSA) is 59.0 Å². The number of carbonyl (C=O) groups is 1. The van der Waals surface area contributed by atoms with Crippen LogP contribution in [0.4, 0.5) is 5.69 Å². The monoisotopic (exact) mass is 320 g/mol. The maximum absolute atomic E-state index is 12.5. The van der Waals surface area contributed by atoms with E-state index < -0.39 is 0 Å². The molecular weight excluding hydrogens is 300 g/mol. The highest BCUT2D eigenvalue weighted by Gasteiger charge is 2.13. The van der Waals surface area contributed by atoms with E-state index in [9.17, 15) is 4.79 Å². The Labute approximate surface area is 141 Å². The highest BCUT2D eigenvalue weighted by molar-refractivity contribution is 5.97. The van der Waals surface area contributed by atoms with Crippen LogP contribution in [0.25, 0.3) is 5.69 Å². The zero-order valence-electron chi connectivity index (χ0n) is 13.5. The van der Waals surface area contributed by atoms with Gasteiger partial charge in [-0.15, -0.1) is 0 Å². The molecule has 2 aromatic carbocycles. The van der Waals surface area contributed by atoms with Crippen LogP contribution in [-0.2, 0) is 0 Å². The van der Waals surface area contributed by atoms with Crippen LogP contribution >= 0.6 is 0 Å². The predicted molar refractivity (Wildman–Crippen MR) is 95.4 cm³/mol. The van der Waals surface area contributed by atoms with Gasteiger partial charge in [-0.25, -0.2) is 4.68 Å². The van der Waals surface area contributed by atoms with E-state index in [0.29, 0.717) is 12.1 Å². The van der Waals surface area contributed by atoms with Gasteiger partial charge in [-0.05, 0) is 37.3 Å². The van der Waals surface area contributed by atoms with Gasteiger partial charge < -0.3 is 10.6 Å². The number of amides is 1. The molecular formula is C19H20N4O. The van der Waals surface area contributed by atoms with E-state index in [1.165, 1.54) is 0 Å². The summed E-state index contributed by atoms with van der Waals surface area (Å²) in [6, 6.07) is 19.3. The maximum Gasteiger partial charge on any atom is 0.253 e. The lowest BCUT2D eigenvalue weighted by atomic mass is 10.1. The van der Waals surface area contributed by atoms with Crippen molar-refractivity contribution in [2.45, 2.75) is 13.0 Å². The molecule has 3 rings (SSSR count). The Bertz CT molecular complexity index is 784. The molecule has 1 amide bonds. The Morgan fingerprint density at radius 3 is 2.58 bits per heavy atom. The van der Waals surface area contributed by atoms with Crippen molar-refractivity contribution in [3.8, 4) is 5.69 Å². The Morgan fingerprint density at radius 2 is 1.83 bits per heavy atom. The third-order valence-corrected chi connectivity index (χ3v) is 3.66. The van der Waals surface area contributed by atoms with Gasteiger partial charge in [0.15, 0.2) is 0 Å². The molecule has 24 heavy (non-hydrogen) atoms. The Morgan fingerprint density at radius 1 is 1.08 bits per heavy atom. The molecule has 0 aliphatic carbocycles. The summed E-state index contributed by atoms with van der Waals surface area (Å²) in [5.74, 6) is -0.109. The Kier molecular flexibility index (Phi) is 4.91. The van der Waals surface area contributed by atoms with Crippen molar-refractivity contribution in [1.82, 2.24) is 15.1 Å². The third-order valence-electron chi connectivity index (χ3n) is 3.66. The van der Waals surface area contributed by atoms with Crippen LogP contribution in [0, 0.1) is 0 Å². The highest BCUT2D eigenvalue weighted by atomic mass is 16.1. The second-order valence-corrected chi connectivity index (χ2v) is 5.59. The number of carbonyl (C=O) groups excluding carboxylic acids is 1. The molecule has 0 saturated carbocycles. The van der Waals surface area contributed by atoms with E-state index >= 15 is 0 Å². The van der Waals surface area contributed by atoms with E-state index in [0.717, 1.165) is 11.4 Å². The molecule has 1 atom stereocenters. The maximum atomic E-state index is 12.5. The van der Waals surface area contributed by atoms with Crippen LogP contribution < -0.4 is 10.6 Å². The normalized spacial score (nSPS) is 11.7. The van der Waals surface area contributed by atoms with Crippen LogP contribution in [0.5, 0.6) is 0 Å². The minimum atomic E-state index is -0.109. The molecule has 3 aromatic rings. The summed E-state index contributed by atoms with van der Waals surface area (Å²) in [6.07, 6.45) is 3.52. The largest absolute Gasteiger partial charge is 0.381 e. The minimum Gasteiger partial charge on any atom is -0.381 e. The molecule has 0 aliphatic rings. The van der Waals surface area contributed by atoms with Crippen LogP contribution in [0.15, 0.2) is 73.1 Å². The lowest BCUT2D eigenvalue weighted by Gasteiger charge is -2.17. The van der Waals surface area contributed by atoms with Gasteiger partial charge in [0, 0.05) is 30.7 Å². The van der Waals surface area contributed by atoms with Gasteiger partial charge in [0.25, 0.3) is 5.91 Å². The molecule has 0 fully saturated rings. The molecule has 1 heterocycles. The lowest BCUT2D eigenvalue weighted by molar-refractivity contribution is 0.0952. The summed E-state index contributed by atoms with van der Waals surface area (Å²) in [5, 5.41) is 10.5. The SMILES string of the molecule is CC(CNC(=O)c1ccccc1-n1cccn1)Nc1ccccc1. The van der Waals surface area contributed by atoms with Crippen molar-refractivity contribution in [2.75, 3.05) is 11.9 Å². The number of hydrogen-bond acceptors (Lipinski definition) is 3.